The Morgan fingerprint density at radius 3 is 2.17 bits per heavy atom. The summed E-state index contributed by atoms with van der Waals surface area (Å²) in [7, 11) is 0. The van der Waals surface area contributed by atoms with E-state index in [1.807, 2.05) is 30.3 Å². The average Bonchev–Trinajstić information content (AvgIpc) is 3.06. The van der Waals surface area contributed by atoms with Crippen LogP contribution in [0.15, 0.2) is 89.6 Å². The molecule has 0 saturated heterocycles. The number of para-hydroxylation sites is 1. The monoisotopic (exact) mass is 488 g/mol. The van der Waals surface area contributed by atoms with E-state index in [2.05, 4.69) is 10.6 Å². The number of carbonyl (C=O) groups excluding carboxylic acids is 4. The summed E-state index contributed by atoms with van der Waals surface area (Å²) in [6.07, 6.45) is 0. The summed E-state index contributed by atoms with van der Waals surface area (Å²) in [6.45, 7) is 0.309. The number of hydrogen-bond donors (Lipinski definition) is 2. The SMILES string of the molecule is O=C(Nc1ccccc1C(=O)[O-])c1ccc(CNC2=C(Cl)C(=O)N(Cc3ccccc3)C2=O)cc1. The topological polar surface area (TPSA) is 119 Å². The Bertz CT molecular complexity index is 1340. The maximum Gasteiger partial charge on any atom is 0.278 e. The first-order valence-electron chi connectivity index (χ1n) is 10.6. The molecule has 0 aromatic heterocycles. The van der Waals surface area contributed by atoms with E-state index in [1.165, 1.54) is 18.2 Å². The fourth-order valence-electron chi connectivity index (χ4n) is 3.54. The lowest BCUT2D eigenvalue weighted by atomic mass is 10.1. The van der Waals surface area contributed by atoms with Crippen molar-refractivity contribution in [3.05, 3.63) is 112 Å². The lowest BCUT2D eigenvalue weighted by Crippen LogP contribution is -2.33. The van der Waals surface area contributed by atoms with Crippen LogP contribution >= 0.6 is 11.6 Å². The van der Waals surface area contributed by atoms with Crippen molar-refractivity contribution >= 4 is 41.0 Å². The molecule has 0 spiro atoms. The largest absolute Gasteiger partial charge is 0.545 e. The van der Waals surface area contributed by atoms with Gasteiger partial charge < -0.3 is 20.5 Å². The molecule has 0 atom stereocenters. The van der Waals surface area contributed by atoms with E-state index < -0.39 is 23.7 Å². The Hall–Kier alpha value is -4.43. The smallest absolute Gasteiger partial charge is 0.278 e. The number of nitrogens with zero attached hydrogens (tertiary/aromatic N) is 1. The van der Waals surface area contributed by atoms with Crippen LogP contribution in [0.4, 0.5) is 5.69 Å². The molecule has 1 aliphatic rings. The van der Waals surface area contributed by atoms with Crippen LogP contribution < -0.4 is 15.7 Å². The molecule has 8 nitrogen and oxygen atoms in total. The number of carboxylic acid groups (broad SMARTS) is 1. The summed E-state index contributed by atoms with van der Waals surface area (Å²) in [4.78, 5) is 50.0. The first-order chi connectivity index (χ1) is 16.8. The molecule has 0 unspecified atom stereocenters. The minimum atomic E-state index is -1.39. The van der Waals surface area contributed by atoms with Crippen molar-refractivity contribution in [3.63, 3.8) is 0 Å². The molecule has 0 aliphatic carbocycles. The third kappa shape index (κ3) is 5.23. The first-order valence-corrected chi connectivity index (χ1v) is 11.0. The van der Waals surface area contributed by atoms with Crippen LogP contribution in [0.1, 0.15) is 31.8 Å². The second-order valence-corrected chi connectivity index (χ2v) is 8.09. The molecule has 176 valence electrons. The van der Waals surface area contributed by atoms with Crippen LogP contribution in [0.5, 0.6) is 0 Å². The van der Waals surface area contributed by atoms with Gasteiger partial charge in [0.2, 0.25) is 0 Å². The van der Waals surface area contributed by atoms with Crippen LogP contribution in [0.3, 0.4) is 0 Å². The standard InChI is InChI=1S/C26H20ClN3O5/c27-21-22(25(33)30(24(21)32)15-17-6-2-1-3-7-17)28-14-16-10-12-18(13-11-16)23(31)29-20-9-5-4-8-19(20)26(34)35/h1-13,28H,14-15H2,(H,29,31)(H,34,35)/p-1. The van der Waals surface area contributed by atoms with Gasteiger partial charge in [0, 0.05) is 17.7 Å². The minimum absolute atomic E-state index is 0.0216. The number of carbonyl (C=O) groups is 4. The summed E-state index contributed by atoms with van der Waals surface area (Å²) >= 11 is 6.14. The maximum atomic E-state index is 12.7. The van der Waals surface area contributed by atoms with Crippen LogP contribution in [-0.2, 0) is 22.7 Å². The highest BCUT2D eigenvalue weighted by atomic mass is 35.5. The van der Waals surface area contributed by atoms with Crippen molar-refractivity contribution in [2.24, 2.45) is 0 Å². The number of carboxylic acids is 1. The zero-order chi connectivity index (χ0) is 24.9. The number of halogens is 1. The predicted octanol–water partition coefficient (Wildman–Crippen LogP) is 2.41. The van der Waals surface area contributed by atoms with Gasteiger partial charge in [0.25, 0.3) is 17.7 Å². The Labute approximate surface area is 205 Å². The maximum absolute atomic E-state index is 12.7. The normalized spacial score (nSPS) is 13.2. The van der Waals surface area contributed by atoms with Gasteiger partial charge in [-0.05, 0) is 29.3 Å². The predicted molar refractivity (Wildman–Crippen MR) is 127 cm³/mol. The number of nitrogens with one attached hydrogen (secondary N) is 2. The van der Waals surface area contributed by atoms with Gasteiger partial charge in [0.1, 0.15) is 10.7 Å². The summed E-state index contributed by atoms with van der Waals surface area (Å²) in [5.41, 5.74) is 1.87. The van der Waals surface area contributed by atoms with Gasteiger partial charge >= 0.3 is 0 Å². The van der Waals surface area contributed by atoms with Gasteiger partial charge in [-0.25, -0.2) is 0 Å². The van der Waals surface area contributed by atoms with Gasteiger partial charge in [0.05, 0.1) is 18.2 Å². The molecular weight excluding hydrogens is 470 g/mol. The Balaban J connectivity index is 1.38. The molecule has 35 heavy (non-hydrogen) atoms. The average molecular weight is 489 g/mol. The van der Waals surface area contributed by atoms with Crippen molar-refractivity contribution < 1.29 is 24.3 Å². The summed E-state index contributed by atoms with van der Waals surface area (Å²) in [6, 6.07) is 21.5. The van der Waals surface area contributed by atoms with Crippen LogP contribution in [0.2, 0.25) is 0 Å². The van der Waals surface area contributed by atoms with Crippen LogP contribution in [0.25, 0.3) is 0 Å². The number of anilines is 1. The second kappa shape index (κ2) is 10.2. The van der Waals surface area contributed by atoms with E-state index in [9.17, 15) is 24.3 Å². The molecule has 9 heteroatoms. The second-order valence-electron chi connectivity index (χ2n) is 7.71. The Morgan fingerprint density at radius 2 is 1.49 bits per heavy atom. The van der Waals surface area contributed by atoms with Gasteiger partial charge in [-0.2, -0.15) is 0 Å². The van der Waals surface area contributed by atoms with Crippen LogP contribution in [-0.4, -0.2) is 28.6 Å². The quantitative estimate of drug-likeness (QED) is 0.470. The minimum Gasteiger partial charge on any atom is -0.545 e. The van der Waals surface area contributed by atoms with E-state index in [4.69, 9.17) is 11.6 Å². The number of rotatable bonds is 8. The number of benzene rings is 3. The molecule has 3 amide bonds. The van der Waals surface area contributed by atoms with Crippen molar-refractivity contribution in [2.45, 2.75) is 13.1 Å². The van der Waals surface area contributed by atoms with E-state index in [0.717, 1.165) is 16.0 Å². The van der Waals surface area contributed by atoms with Gasteiger partial charge in [-0.1, -0.05) is 72.3 Å². The van der Waals surface area contributed by atoms with Crippen LogP contribution in [0, 0.1) is 0 Å². The van der Waals surface area contributed by atoms with Crippen molar-refractivity contribution in [1.29, 1.82) is 0 Å². The molecule has 0 fully saturated rings. The van der Waals surface area contributed by atoms with Crippen molar-refractivity contribution in [2.75, 3.05) is 5.32 Å². The van der Waals surface area contributed by atoms with Crippen molar-refractivity contribution in [1.82, 2.24) is 10.2 Å². The fourth-order valence-corrected chi connectivity index (χ4v) is 3.79. The van der Waals surface area contributed by atoms with Crippen molar-refractivity contribution in [3.8, 4) is 0 Å². The van der Waals surface area contributed by atoms with E-state index in [1.54, 1.807) is 30.3 Å². The number of aromatic carboxylic acids is 1. The van der Waals surface area contributed by atoms with Gasteiger partial charge in [-0.15, -0.1) is 0 Å². The third-order valence-corrected chi connectivity index (χ3v) is 5.73. The first kappa shape index (κ1) is 23.7. The molecule has 3 aromatic rings. The molecule has 0 bridgehead atoms. The molecule has 3 aromatic carbocycles. The molecule has 1 heterocycles. The third-order valence-electron chi connectivity index (χ3n) is 5.38. The number of amides is 3. The Morgan fingerprint density at radius 1 is 0.829 bits per heavy atom. The molecule has 1 aliphatic heterocycles. The molecular formula is C26H19ClN3O5-. The number of hydrogen-bond acceptors (Lipinski definition) is 6. The highest BCUT2D eigenvalue weighted by molar-refractivity contribution is 6.47. The molecule has 4 rings (SSSR count). The zero-order valence-electron chi connectivity index (χ0n) is 18.3. The van der Waals surface area contributed by atoms with E-state index >= 15 is 0 Å². The highest BCUT2D eigenvalue weighted by Gasteiger charge is 2.37. The van der Waals surface area contributed by atoms with E-state index in [0.29, 0.717) is 5.56 Å². The summed E-state index contributed by atoms with van der Waals surface area (Å²) in [5, 5.41) is 16.5. The molecule has 0 radical (unpaired) electrons. The van der Waals surface area contributed by atoms with E-state index in [-0.39, 0.29) is 35.1 Å². The highest BCUT2D eigenvalue weighted by Crippen LogP contribution is 2.24. The fraction of sp³-hybridized carbons (Fsp3) is 0.0769. The summed E-state index contributed by atoms with van der Waals surface area (Å²) < 4.78 is 0. The molecule has 0 saturated carbocycles. The molecule has 2 N–H and O–H groups in total. The summed E-state index contributed by atoms with van der Waals surface area (Å²) in [5.74, 6) is -2.95. The lowest BCUT2D eigenvalue weighted by molar-refractivity contribution is -0.254. The van der Waals surface area contributed by atoms with Gasteiger partial charge in [-0.3, -0.25) is 19.3 Å². The number of imide groups is 1. The lowest BCUT2D eigenvalue weighted by Gasteiger charge is -2.15. The zero-order valence-corrected chi connectivity index (χ0v) is 19.0. The van der Waals surface area contributed by atoms with Gasteiger partial charge in [0.15, 0.2) is 0 Å². The Kier molecular flexibility index (Phi) is 6.93.